The van der Waals surface area contributed by atoms with Gasteiger partial charge in [0, 0.05) is 16.7 Å². The Morgan fingerprint density at radius 2 is 1.78 bits per heavy atom. The van der Waals surface area contributed by atoms with Crippen molar-refractivity contribution in [3.8, 4) is 0 Å². The molecule has 2 aliphatic rings. The number of hydrogen-bond donors (Lipinski definition) is 1. The lowest BCUT2D eigenvalue weighted by atomic mass is 9.72. The summed E-state index contributed by atoms with van der Waals surface area (Å²) in [4.78, 5) is 24.0. The molecule has 0 unspecified atom stereocenters. The lowest BCUT2D eigenvalue weighted by molar-refractivity contribution is 0.0996. The molecule has 3 rings (SSSR count). The Kier molecular flexibility index (Phi) is 3.68. The van der Waals surface area contributed by atoms with E-state index >= 15 is 0 Å². The van der Waals surface area contributed by atoms with Gasteiger partial charge in [-0.25, -0.2) is 0 Å². The summed E-state index contributed by atoms with van der Waals surface area (Å²) in [5.74, 6) is -0.546. The number of carbonyl (C=O) groups is 2. The average Bonchev–Trinajstić information content (AvgIpc) is 2.55. The van der Waals surface area contributed by atoms with E-state index in [1.807, 2.05) is 12.2 Å². The summed E-state index contributed by atoms with van der Waals surface area (Å²) >= 11 is 0. The first-order valence-corrected chi connectivity index (χ1v) is 7.57. The predicted molar refractivity (Wildman–Crippen MR) is 87.9 cm³/mol. The van der Waals surface area contributed by atoms with Crippen LogP contribution in [-0.4, -0.2) is 18.3 Å². The topological polar surface area (TPSA) is 69.4 Å². The van der Waals surface area contributed by atoms with E-state index in [9.17, 15) is 9.59 Å². The first-order chi connectivity index (χ1) is 10.9. The fraction of sp³-hybridized carbons (Fsp3) is 0.263. The van der Waals surface area contributed by atoms with Gasteiger partial charge in [-0.05, 0) is 41.2 Å². The van der Waals surface area contributed by atoms with Crippen LogP contribution in [0.2, 0.25) is 0 Å². The second-order valence-electron chi connectivity index (χ2n) is 6.48. The van der Waals surface area contributed by atoms with E-state index in [2.05, 4.69) is 13.8 Å². The zero-order valence-corrected chi connectivity index (χ0v) is 13.3. The third kappa shape index (κ3) is 2.72. The molecular weight excluding hydrogens is 290 g/mol. The van der Waals surface area contributed by atoms with Crippen LogP contribution in [0, 0.1) is 5.41 Å². The minimum Gasteiger partial charge on any atom is -0.497 e. The van der Waals surface area contributed by atoms with Gasteiger partial charge in [0.05, 0.1) is 6.26 Å². The number of carbonyl (C=O) groups excluding carboxylic acids is 2. The van der Waals surface area contributed by atoms with Crippen molar-refractivity contribution in [2.45, 2.75) is 20.3 Å². The van der Waals surface area contributed by atoms with Gasteiger partial charge in [0.25, 0.3) is 0 Å². The lowest BCUT2D eigenvalue weighted by Crippen LogP contribution is -2.26. The number of allylic oxidation sites excluding steroid dienone is 4. The van der Waals surface area contributed by atoms with E-state index in [-0.39, 0.29) is 11.2 Å². The van der Waals surface area contributed by atoms with Crippen LogP contribution < -0.4 is 5.73 Å². The summed E-state index contributed by atoms with van der Waals surface area (Å²) in [5, 5.41) is 0. The molecule has 1 aromatic carbocycles. The second kappa shape index (κ2) is 5.54. The summed E-state index contributed by atoms with van der Waals surface area (Å²) in [6.45, 7) is 4.83. The molecule has 4 heteroatoms. The minimum atomic E-state index is -0.500. The van der Waals surface area contributed by atoms with Gasteiger partial charge in [0.2, 0.25) is 5.91 Å². The van der Waals surface area contributed by atoms with Gasteiger partial charge in [-0.2, -0.15) is 0 Å². The molecule has 1 amide bonds. The molecule has 1 heterocycles. The second-order valence-corrected chi connectivity index (χ2v) is 6.48. The van der Waals surface area contributed by atoms with E-state index in [0.29, 0.717) is 23.3 Å². The largest absolute Gasteiger partial charge is 0.497 e. The van der Waals surface area contributed by atoms with Gasteiger partial charge in [-0.3, -0.25) is 9.59 Å². The van der Waals surface area contributed by atoms with Crippen molar-refractivity contribution in [2.24, 2.45) is 11.1 Å². The summed E-state index contributed by atoms with van der Waals surface area (Å²) in [7, 11) is 0. The fourth-order valence-electron chi connectivity index (χ4n) is 2.98. The van der Waals surface area contributed by atoms with E-state index in [1.54, 1.807) is 30.5 Å². The van der Waals surface area contributed by atoms with Crippen LogP contribution >= 0.6 is 0 Å². The van der Waals surface area contributed by atoms with E-state index < -0.39 is 5.91 Å². The molecule has 0 saturated carbocycles. The number of amides is 1. The molecule has 1 aromatic rings. The van der Waals surface area contributed by atoms with Crippen LogP contribution in [0.1, 0.15) is 41.0 Å². The molecule has 0 aromatic heterocycles. The maximum atomic E-state index is 12.9. The van der Waals surface area contributed by atoms with Crippen molar-refractivity contribution in [3.63, 3.8) is 0 Å². The van der Waals surface area contributed by atoms with Crippen LogP contribution in [0.3, 0.4) is 0 Å². The molecule has 0 radical (unpaired) electrons. The molecule has 0 spiro atoms. The molecule has 0 saturated heterocycles. The Morgan fingerprint density at radius 1 is 1.13 bits per heavy atom. The number of hydrogen-bond acceptors (Lipinski definition) is 3. The fourth-order valence-corrected chi connectivity index (χ4v) is 2.98. The molecule has 23 heavy (non-hydrogen) atoms. The molecule has 0 bridgehead atoms. The van der Waals surface area contributed by atoms with Crippen molar-refractivity contribution in [1.82, 2.24) is 0 Å². The zero-order chi connectivity index (χ0) is 16.6. The number of nitrogens with two attached hydrogens (primary N) is 1. The number of ether oxygens (including phenoxy) is 1. The molecule has 0 atom stereocenters. The first kappa shape index (κ1) is 15.3. The van der Waals surface area contributed by atoms with Crippen molar-refractivity contribution < 1.29 is 14.3 Å². The zero-order valence-electron chi connectivity index (χ0n) is 13.3. The standard InChI is InChI=1S/C19H19NO3/c1-19(2)9-7-15(14-8-10-23-11-16(14)19)17(21)12-3-5-13(6-4-12)18(20)22/h3-8,10H,9,11H2,1-2H3,(H2,20,22). The Hall–Kier alpha value is -2.62. The molecular formula is C19H19NO3. The van der Waals surface area contributed by atoms with Gasteiger partial charge in [-0.1, -0.05) is 32.1 Å². The smallest absolute Gasteiger partial charge is 0.248 e. The Balaban J connectivity index is 1.96. The monoisotopic (exact) mass is 309 g/mol. The SMILES string of the molecule is CC1(C)CC=C(C(=O)c2ccc(C(N)=O)cc2)C2=C1COC=C2. The summed E-state index contributed by atoms with van der Waals surface area (Å²) in [6.07, 6.45) is 6.29. The molecule has 1 aliphatic heterocycles. The van der Waals surface area contributed by atoms with E-state index in [1.165, 1.54) is 0 Å². The molecule has 2 N–H and O–H groups in total. The third-order valence-electron chi connectivity index (χ3n) is 4.48. The highest BCUT2D eigenvalue weighted by atomic mass is 16.5. The van der Waals surface area contributed by atoms with Crippen molar-refractivity contribution in [2.75, 3.05) is 6.61 Å². The Bertz CT molecular complexity index is 764. The Morgan fingerprint density at radius 3 is 2.43 bits per heavy atom. The van der Waals surface area contributed by atoms with Gasteiger partial charge in [0.15, 0.2) is 5.78 Å². The van der Waals surface area contributed by atoms with Crippen LogP contribution in [0.15, 0.2) is 59.4 Å². The Labute approximate surface area is 135 Å². The average molecular weight is 309 g/mol. The van der Waals surface area contributed by atoms with E-state index in [4.69, 9.17) is 10.5 Å². The van der Waals surface area contributed by atoms with Gasteiger partial charge in [-0.15, -0.1) is 0 Å². The maximum Gasteiger partial charge on any atom is 0.248 e. The highest BCUT2D eigenvalue weighted by molar-refractivity contribution is 6.12. The lowest BCUT2D eigenvalue weighted by Gasteiger charge is -2.35. The summed E-state index contributed by atoms with van der Waals surface area (Å²) in [6, 6.07) is 6.45. The maximum absolute atomic E-state index is 12.9. The molecule has 0 fully saturated rings. The summed E-state index contributed by atoms with van der Waals surface area (Å²) < 4.78 is 5.42. The molecule has 1 aliphatic carbocycles. The molecule has 118 valence electrons. The van der Waals surface area contributed by atoms with Crippen molar-refractivity contribution in [1.29, 1.82) is 0 Å². The minimum absolute atomic E-state index is 0.0142. The number of rotatable bonds is 3. The third-order valence-corrected chi connectivity index (χ3v) is 4.48. The highest BCUT2D eigenvalue weighted by Gasteiger charge is 2.33. The quantitative estimate of drug-likeness (QED) is 0.872. The number of benzene rings is 1. The summed E-state index contributed by atoms with van der Waals surface area (Å²) in [5.41, 5.74) is 8.97. The number of Topliss-reactive ketones (excluding diaryl/α,β-unsaturated/α-hetero) is 1. The number of primary amides is 1. The highest BCUT2D eigenvalue weighted by Crippen LogP contribution is 2.42. The van der Waals surface area contributed by atoms with Crippen molar-refractivity contribution >= 4 is 11.7 Å². The van der Waals surface area contributed by atoms with E-state index in [0.717, 1.165) is 17.6 Å². The molecule has 4 nitrogen and oxygen atoms in total. The predicted octanol–water partition coefficient (Wildman–Crippen LogP) is 3.17. The van der Waals surface area contributed by atoms with Crippen LogP contribution in [0.4, 0.5) is 0 Å². The van der Waals surface area contributed by atoms with Crippen LogP contribution in [-0.2, 0) is 4.74 Å². The number of ketones is 1. The van der Waals surface area contributed by atoms with Gasteiger partial charge in [0.1, 0.15) is 6.61 Å². The normalized spacial score (nSPS) is 18.8. The first-order valence-electron chi connectivity index (χ1n) is 7.57. The van der Waals surface area contributed by atoms with Gasteiger partial charge >= 0.3 is 0 Å². The van der Waals surface area contributed by atoms with Crippen LogP contribution in [0.5, 0.6) is 0 Å². The van der Waals surface area contributed by atoms with Gasteiger partial charge < -0.3 is 10.5 Å². The van der Waals surface area contributed by atoms with Crippen LogP contribution in [0.25, 0.3) is 0 Å². The van der Waals surface area contributed by atoms with Crippen molar-refractivity contribution in [3.05, 3.63) is 70.5 Å².